The fraction of sp³-hybridized carbons (Fsp3) is 0.208. The van der Waals surface area contributed by atoms with Gasteiger partial charge in [0.1, 0.15) is 22.4 Å². The van der Waals surface area contributed by atoms with Crippen molar-refractivity contribution in [3.05, 3.63) is 68.7 Å². The fourth-order valence-electron chi connectivity index (χ4n) is 2.91. The van der Waals surface area contributed by atoms with Crippen LogP contribution in [-0.2, 0) is 9.53 Å². The number of thioether (sulfide) groups is 1. The number of ether oxygens (including phenoxy) is 3. The molecular formula is C24H21BrN2O5S. The Balaban J connectivity index is 2.05. The summed E-state index contributed by atoms with van der Waals surface area (Å²) < 4.78 is 16.9. The van der Waals surface area contributed by atoms with Gasteiger partial charge in [0.25, 0.3) is 0 Å². The summed E-state index contributed by atoms with van der Waals surface area (Å²) in [5.41, 5.74) is 1.35. The molecule has 7 nitrogen and oxygen atoms in total. The number of aliphatic imine (C=N–C) groups is 1. The van der Waals surface area contributed by atoms with E-state index in [-0.39, 0.29) is 24.5 Å². The first-order valence-corrected chi connectivity index (χ1v) is 11.7. The highest BCUT2D eigenvalue weighted by atomic mass is 79.9. The number of esters is 1. The van der Waals surface area contributed by atoms with Gasteiger partial charge in [-0.15, -0.1) is 0 Å². The van der Waals surface area contributed by atoms with Gasteiger partial charge in [-0.2, -0.15) is 5.26 Å². The van der Waals surface area contributed by atoms with Crippen LogP contribution in [0.15, 0.2) is 68.2 Å². The zero-order chi connectivity index (χ0) is 23.8. The van der Waals surface area contributed by atoms with E-state index in [0.29, 0.717) is 43.8 Å². The van der Waals surface area contributed by atoms with E-state index in [1.54, 1.807) is 37.3 Å². The van der Waals surface area contributed by atoms with Crippen LogP contribution in [0.1, 0.15) is 19.4 Å². The summed E-state index contributed by atoms with van der Waals surface area (Å²) in [5, 5.41) is 20.0. The smallest absolute Gasteiger partial charge is 0.344 e. The van der Waals surface area contributed by atoms with E-state index in [2.05, 4.69) is 20.9 Å². The second-order valence-electron chi connectivity index (χ2n) is 6.51. The number of hydrogen-bond donors (Lipinski definition) is 1. The number of para-hydroxylation sites is 1. The highest BCUT2D eigenvalue weighted by Crippen LogP contribution is 2.42. The predicted molar refractivity (Wildman–Crippen MR) is 132 cm³/mol. The van der Waals surface area contributed by atoms with Crippen molar-refractivity contribution < 1.29 is 24.1 Å². The standard InChI is InChI=1S/C24H21BrN2O5S/c1-3-30-18-12-15(17(25)14-19(18)32-11-10-26)13-20-22(28)21(24(29)31-4-2)23(33-20)27-16-8-6-5-7-9-16/h5-9,12-14,28H,3-4,11H2,1-2H3/b20-13-,27-23?. The molecule has 0 amide bonds. The molecule has 0 aliphatic carbocycles. The lowest BCUT2D eigenvalue weighted by molar-refractivity contribution is -0.138. The number of halogens is 1. The number of nitriles is 1. The van der Waals surface area contributed by atoms with Gasteiger partial charge >= 0.3 is 5.97 Å². The Morgan fingerprint density at radius 3 is 2.58 bits per heavy atom. The number of nitrogens with zero attached hydrogens (tertiary/aromatic N) is 2. The molecule has 0 aromatic heterocycles. The Hall–Kier alpha value is -3.22. The third kappa shape index (κ3) is 5.97. The predicted octanol–water partition coefficient (Wildman–Crippen LogP) is 5.94. The van der Waals surface area contributed by atoms with Crippen molar-refractivity contribution in [2.24, 2.45) is 4.99 Å². The van der Waals surface area contributed by atoms with Gasteiger partial charge < -0.3 is 19.3 Å². The van der Waals surface area contributed by atoms with Crippen molar-refractivity contribution in [1.82, 2.24) is 0 Å². The Labute approximate surface area is 204 Å². The summed E-state index contributed by atoms with van der Waals surface area (Å²) in [5.74, 6) is 0.0283. The molecule has 170 valence electrons. The van der Waals surface area contributed by atoms with Gasteiger partial charge in [-0.1, -0.05) is 45.9 Å². The average Bonchev–Trinajstić information content (AvgIpc) is 3.10. The first kappa shape index (κ1) is 24.4. The molecule has 2 aromatic carbocycles. The van der Waals surface area contributed by atoms with Crippen molar-refractivity contribution in [2.45, 2.75) is 13.8 Å². The number of aliphatic hydroxyl groups is 1. The lowest BCUT2D eigenvalue weighted by Crippen LogP contribution is -2.12. The number of hydrogen-bond acceptors (Lipinski definition) is 8. The van der Waals surface area contributed by atoms with Gasteiger partial charge in [-0.25, -0.2) is 9.79 Å². The Bertz CT molecular complexity index is 1170. The zero-order valence-corrected chi connectivity index (χ0v) is 20.4. The van der Waals surface area contributed by atoms with Gasteiger partial charge in [0.05, 0.1) is 23.8 Å². The summed E-state index contributed by atoms with van der Waals surface area (Å²) >= 11 is 4.66. The van der Waals surface area contributed by atoms with Gasteiger partial charge in [0.2, 0.25) is 0 Å². The monoisotopic (exact) mass is 528 g/mol. The first-order valence-electron chi connectivity index (χ1n) is 10.1. The maximum absolute atomic E-state index is 12.6. The molecule has 2 aromatic rings. The molecule has 1 heterocycles. The zero-order valence-electron chi connectivity index (χ0n) is 18.0. The van der Waals surface area contributed by atoms with E-state index >= 15 is 0 Å². The maximum atomic E-state index is 12.6. The van der Waals surface area contributed by atoms with Crippen molar-refractivity contribution in [2.75, 3.05) is 19.8 Å². The van der Waals surface area contributed by atoms with E-state index in [9.17, 15) is 9.90 Å². The lowest BCUT2D eigenvalue weighted by Gasteiger charge is -2.12. The van der Waals surface area contributed by atoms with E-state index in [1.807, 2.05) is 31.2 Å². The van der Waals surface area contributed by atoms with Gasteiger partial charge in [-0.05, 0) is 49.8 Å². The minimum atomic E-state index is -0.644. The Kier molecular flexibility index (Phi) is 8.58. The summed E-state index contributed by atoms with van der Waals surface area (Å²) in [4.78, 5) is 17.5. The molecule has 0 spiro atoms. The number of aliphatic hydroxyl groups excluding tert-OH is 1. The lowest BCUT2D eigenvalue weighted by atomic mass is 10.1. The molecule has 1 aliphatic heterocycles. The van der Waals surface area contributed by atoms with Crippen LogP contribution in [-0.4, -0.2) is 35.9 Å². The third-order valence-corrected chi connectivity index (χ3v) is 6.01. The maximum Gasteiger partial charge on any atom is 0.344 e. The van der Waals surface area contributed by atoms with Crippen molar-refractivity contribution >= 4 is 50.5 Å². The molecule has 33 heavy (non-hydrogen) atoms. The highest BCUT2D eigenvalue weighted by Gasteiger charge is 2.33. The summed E-state index contributed by atoms with van der Waals surface area (Å²) in [7, 11) is 0. The van der Waals surface area contributed by atoms with Crippen LogP contribution in [0.2, 0.25) is 0 Å². The number of rotatable bonds is 8. The Morgan fingerprint density at radius 2 is 1.91 bits per heavy atom. The van der Waals surface area contributed by atoms with Gasteiger partial charge in [0, 0.05) is 4.47 Å². The molecule has 0 fully saturated rings. The SMILES string of the molecule is CCOC(=O)C1=C(O)/C(=C/c2cc(OCC)c(OCC#N)cc2Br)SC1=Nc1ccccc1. The fourth-order valence-corrected chi connectivity index (χ4v) is 4.37. The van der Waals surface area contributed by atoms with E-state index in [0.717, 1.165) is 0 Å². The van der Waals surface area contributed by atoms with Crippen LogP contribution in [0.3, 0.4) is 0 Å². The molecule has 0 saturated heterocycles. The normalized spacial score (nSPS) is 15.6. The van der Waals surface area contributed by atoms with Crippen LogP contribution in [0.25, 0.3) is 6.08 Å². The van der Waals surface area contributed by atoms with Crippen LogP contribution >= 0.6 is 27.7 Å². The highest BCUT2D eigenvalue weighted by molar-refractivity contribution is 9.10. The molecule has 1 aliphatic rings. The van der Waals surface area contributed by atoms with Gasteiger partial charge in [-0.3, -0.25) is 0 Å². The second-order valence-corrected chi connectivity index (χ2v) is 8.39. The second kappa shape index (κ2) is 11.6. The molecule has 0 atom stereocenters. The Morgan fingerprint density at radius 1 is 1.18 bits per heavy atom. The quantitative estimate of drug-likeness (QED) is 0.422. The molecular weight excluding hydrogens is 508 g/mol. The summed E-state index contributed by atoms with van der Waals surface area (Å²) in [6.45, 7) is 4.00. The van der Waals surface area contributed by atoms with E-state index in [4.69, 9.17) is 19.5 Å². The first-order chi connectivity index (χ1) is 16.0. The van der Waals surface area contributed by atoms with E-state index < -0.39 is 5.97 Å². The third-order valence-electron chi connectivity index (χ3n) is 4.30. The topological polar surface area (TPSA) is 101 Å². The molecule has 0 bridgehead atoms. The molecule has 9 heteroatoms. The minimum Gasteiger partial charge on any atom is -0.506 e. The molecule has 1 N–H and O–H groups in total. The number of carbonyl (C=O) groups is 1. The van der Waals surface area contributed by atoms with Crippen LogP contribution in [0, 0.1) is 11.3 Å². The van der Waals surface area contributed by atoms with Crippen molar-refractivity contribution in [3.8, 4) is 17.6 Å². The van der Waals surface area contributed by atoms with Gasteiger partial charge in [0.15, 0.2) is 18.1 Å². The van der Waals surface area contributed by atoms with Crippen molar-refractivity contribution in [1.29, 1.82) is 5.26 Å². The molecule has 0 radical (unpaired) electrons. The van der Waals surface area contributed by atoms with Crippen LogP contribution in [0.4, 0.5) is 5.69 Å². The van der Waals surface area contributed by atoms with Crippen molar-refractivity contribution in [3.63, 3.8) is 0 Å². The molecule has 3 rings (SSSR count). The molecule has 0 unspecified atom stereocenters. The van der Waals surface area contributed by atoms with Crippen LogP contribution < -0.4 is 9.47 Å². The van der Waals surface area contributed by atoms with E-state index in [1.165, 1.54) is 11.8 Å². The average molecular weight is 529 g/mol. The molecule has 0 saturated carbocycles. The summed E-state index contributed by atoms with van der Waals surface area (Å²) in [6.07, 6.45) is 1.72. The van der Waals surface area contributed by atoms with Crippen LogP contribution in [0.5, 0.6) is 11.5 Å². The minimum absolute atomic E-state index is 0.0204. The number of benzene rings is 2. The number of carbonyl (C=O) groups excluding carboxylic acids is 1. The summed E-state index contributed by atoms with van der Waals surface area (Å²) in [6, 6.07) is 14.5. The largest absolute Gasteiger partial charge is 0.506 e.